The molecule has 1 aliphatic heterocycles. The SMILES string of the molecule is Fc1ccc(Cl)c(CC2(F)CCCNCC2)c1. The molecule has 1 aromatic rings. The van der Waals surface area contributed by atoms with E-state index >= 15 is 0 Å². The van der Waals surface area contributed by atoms with Gasteiger partial charge in [-0.05, 0) is 56.1 Å². The highest BCUT2D eigenvalue weighted by Gasteiger charge is 2.31. The van der Waals surface area contributed by atoms with Crippen molar-refractivity contribution in [2.45, 2.75) is 31.4 Å². The summed E-state index contributed by atoms with van der Waals surface area (Å²) < 4.78 is 27.7. The highest BCUT2D eigenvalue weighted by Crippen LogP contribution is 2.31. The summed E-state index contributed by atoms with van der Waals surface area (Å²) in [5.74, 6) is -0.361. The van der Waals surface area contributed by atoms with Crippen LogP contribution in [0.4, 0.5) is 8.78 Å². The molecule has 1 saturated heterocycles. The fraction of sp³-hybridized carbons (Fsp3) is 0.538. The molecule has 1 aliphatic rings. The van der Waals surface area contributed by atoms with Crippen molar-refractivity contribution in [2.75, 3.05) is 13.1 Å². The van der Waals surface area contributed by atoms with E-state index in [1.54, 1.807) is 0 Å². The Balaban J connectivity index is 2.15. The van der Waals surface area contributed by atoms with E-state index in [0.717, 1.165) is 13.0 Å². The van der Waals surface area contributed by atoms with Crippen LogP contribution in [0.15, 0.2) is 18.2 Å². The summed E-state index contributed by atoms with van der Waals surface area (Å²) in [5.41, 5.74) is -0.697. The zero-order chi connectivity index (χ0) is 12.3. The second-order valence-corrected chi connectivity index (χ2v) is 5.07. The maximum Gasteiger partial charge on any atom is 0.123 e. The maximum atomic E-state index is 14.6. The molecule has 1 nitrogen and oxygen atoms in total. The van der Waals surface area contributed by atoms with Gasteiger partial charge in [0.25, 0.3) is 0 Å². The van der Waals surface area contributed by atoms with Gasteiger partial charge in [0.15, 0.2) is 0 Å². The molecular weight excluding hydrogens is 244 g/mol. The summed E-state index contributed by atoms with van der Waals surface area (Å²) in [7, 11) is 0. The van der Waals surface area contributed by atoms with Crippen molar-refractivity contribution in [3.05, 3.63) is 34.6 Å². The van der Waals surface area contributed by atoms with E-state index in [1.165, 1.54) is 18.2 Å². The molecule has 0 amide bonds. The van der Waals surface area contributed by atoms with Crippen molar-refractivity contribution in [2.24, 2.45) is 0 Å². The van der Waals surface area contributed by atoms with Crippen LogP contribution in [0.25, 0.3) is 0 Å². The molecule has 0 spiro atoms. The fourth-order valence-electron chi connectivity index (χ4n) is 2.29. The standard InChI is InChI=1S/C13H16ClF2N/c14-12-3-2-11(15)8-10(12)9-13(16)4-1-6-17-7-5-13/h2-3,8,17H,1,4-7,9H2. The molecule has 0 bridgehead atoms. The molecule has 1 fully saturated rings. The molecule has 1 heterocycles. The van der Waals surface area contributed by atoms with Gasteiger partial charge in [-0.25, -0.2) is 8.78 Å². The van der Waals surface area contributed by atoms with Crippen molar-refractivity contribution < 1.29 is 8.78 Å². The molecule has 17 heavy (non-hydrogen) atoms. The van der Waals surface area contributed by atoms with Gasteiger partial charge >= 0.3 is 0 Å². The van der Waals surface area contributed by atoms with Gasteiger partial charge in [-0.2, -0.15) is 0 Å². The number of halogens is 3. The molecule has 94 valence electrons. The van der Waals surface area contributed by atoms with Crippen molar-refractivity contribution in [1.29, 1.82) is 0 Å². The third kappa shape index (κ3) is 3.39. The highest BCUT2D eigenvalue weighted by molar-refractivity contribution is 6.31. The van der Waals surface area contributed by atoms with Crippen molar-refractivity contribution in [1.82, 2.24) is 5.32 Å². The number of alkyl halides is 1. The summed E-state index contributed by atoms with van der Waals surface area (Å²) >= 11 is 5.97. The minimum Gasteiger partial charge on any atom is -0.317 e. The average Bonchev–Trinajstić information content (AvgIpc) is 2.49. The van der Waals surface area contributed by atoms with Gasteiger partial charge in [0.1, 0.15) is 11.5 Å². The van der Waals surface area contributed by atoms with Gasteiger partial charge in [0.05, 0.1) is 0 Å². The minimum absolute atomic E-state index is 0.200. The summed E-state index contributed by atoms with van der Waals surface area (Å²) in [5, 5.41) is 3.61. The fourth-order valence-corrected chi connectivity index (χ4v) is 2.47. The van der Waals surface area contributed by atoms with Crippen LogP contribution >= 0.6 is 11.6 Å². The van der Waals surface area contributed by atoms with Crippen LogP contribution in [0.5, 0.6) is 0 Å². The molecule has 0 aliphatic carbocycles. The Morgan fingerprint density at radius 2 is 2.12 bits per heavy atom. The van der Waals surface area contributed by atoms with E-state index in [4.69, 9.17) is 11.6 Å². The van der Waals surface area contributed by atoms with Gasteiger partial charge < -0.3 is 5.32 Å². The Labute approximate surface area is 105 Å². The molecule has 1 atom stereocenters. The predicted octanol–water partition coefficient (Wildman–Crippen LogP) is 3.50. The molecular formula is C13H16ClF2N. The molecule has 1 N–H and O–H groups in total. The lowest BCUT2D eigenvalue weighted by molar-refractivity contribution is 0.144. The molecule has 0 radical (unpaired) electrons. The van der Waals surface area contributed by atoms with Gasteiger partial charge in [-0.1, -0.05) is 11.6 Å². The lowest BCUT2D eigenvalue weighted by atomic mass is 9.89. The first-order chi connectivity index (χ1) is 8.09. The molecule has 1 aromatic carbocycles. The zero-order valence-electron chi connectivity index (χ0n) is 9.61. The largest absolute Gasteiger partial charge is 0.317 e. The Kier molecular flexibility index (Phi) is 4.00. The summed E-state index contributed by atoms with van der Waals surface area (Å²) in [6.07, 6.45) is 1.97. The second-order valence-electron chi connectivity index (χ2n) is 4.67. The predicted molar refractivity (Wildman–Crippen MR) is 65.7 cm³/mol. The summed E-state index contributed by atoms with van der Waals surface area (Å²) in [6, 6.07) is 4.12. The van der Waals surface area contributed by atoms with E-state index in [1.807, 2.05) is 0 Å². The lowest BCUT2D eigenvalue weighted by Crippen LogP contribution is -2.27. The molecule has 4 heteroatoms. The average molecular weight is 260 g/mol. The monoisotopic (exact) mass is 259 g/mol. The zero-order valence-corrected chi connectivity index (χ0v) is 10.4. The normalized spacial score (nSPS) is 25.6. The topological polar surface area (TPSA) is 12.0 Å². The van der Waals surface area contributed by atoms with Crippen molar-refractivity contribution >= 4 is 11.6 Å². The van der Waals surface area contributed by atoms with E-state index in [-0.39, 0.29) is 12.2 Å². The van der Waals surface area contributed by atoms with E-state index in [2.05, 4.69) is 5.32 Å². The first kappa shape index (κ1) is 12.8. The van der Waals surface area contributed by atoms with E-state index in [0.29, 0.717) is 30.0 Å². The van der Waals surface area contributed by atoms with Gasteiger partial charge in [0.2, 0.25) is 0 Å². The number of rotatable bonds is 2. The van der Waals surface area contributed by atoms with Crippen LogP contribution in [0, 0.1) is 5.82 Å². The van der Waals surface area contributed by atoms with Gasteiger partial charge in [0, 0.05) is 11.4 Å². The summed E-state index contributed by atoms with van der Waals surface area (Å²) in [6.45, 7) is 1.52. The lowest BCUT2D eigenvalue weighted by Gasteiger charge is -2.23. The smallest absolute Gasteiger partial charge is 0.123 e. The van der Waals surface area contributed by atoms with Crippen molar-refractivity contribution in [3.8, 4) is 0 Å². The van der Waals surface area contributed by atoms with Crippen LogP contribution in [-0.4, -0.2) is 18.8 Å². The number of hydrogen-bond acceptors (Lipinski definition) is 1. The number of hydrogen-bond donors (Lipinski definition) is 1. The number of benzene rings is 1. The Morgan fingerprint density at radius 3 is 2.94 bits per heavy atom. The van der Waals surface area contributed by atoms with Crippen LogP contribution in [0.2, 0.25) is 5.02 Å². The quantitative estimate of drug-likeness (QED) is 0.857. The van der Waals surface area contributed by atoms with Crippen molar-refractivity contribution in [3.63, 3.8) is 0 Å². The Morgan fingerprint density at radius 1 is 1.29 bits per heavy atom. The minimum atomic E-state index is -1.26. The summed E-state index contributed by atoms with van der Waals surface area (Å²) in [4.78, 5) is 0. The first-order valence-electron chi connectivity index (χ1n) is 5.93. The Bertz CT molecular complexity index is 387. The van der Waals surface area contributed by atoms with Gasteiger partial charge in [-0.15, -0.1) is 0 Å². The molecule has 1 unspecified atom stereocenters. The van der Waals surface area contributed by atoms with Gasteiger partial charge in [-0.3, -0.25) is 0 Å². The van der Waals surface area contributed by atoms with Crippen LogP contribution in [-0.2, 0) is 6.42 Å². The van der Waals surface area contributed by atoms with E-state index in [9.17, 15) is 8.78 Å². The van der Waals surface area contributed by atoms with E-state index < -0.39 is 5.67 Å². The second kappa shape index (κ2) is 5.32. The third-order valence-electron chi connectivity index (χ3n) is 3.24. The maximum absolute atomic E-state index is 14.6. The first-order valence-corrected chi connectivity index (χ1v) is 6.30. The Hall–Kier alpha value is -0.670. The molecule has 2 rings (SSSR count). The molecule has 0 saturated carbocycles. The van der Waals surface area contributed by atoms with Crippen LogP contribution in [0.3, 0.4) is 0 Å². The van der Waals surface area contributed by atoms with Crippen LogP contribution < -0.4 is 5.32 Å². The molecule has 0 aromatic heterocycles. The highest BCUT2D eigenvalue weighted by atomic mass is 35.5. The van der Waals surface area contributed by atoms with Crippen LogP contribution in [0.1, 0.15) is 24.8 Å². The third-order valence-corrected chi connectivity index (χ3v) is 3.61. The number of nitrogens with one attached hydrogen (secondary N) is 1.